The van der Waals surface area contributed by atoms with E-state index in [1.54, 1.807) is 35.8 Å². The second-order valence-electron chi connectivity index (χ2n) is 6.15. The van der Waals surface area contributed by atoms with Crippen molar-refractivity contribution in [3.63, 3.8) is 0 Å². The average molecular weight is 315 g/mol. The number of rotatable bonds is 3. The van der Waals surface area contributed by atoms with E-state index < -0.39 is 11.7 Å². The van der Waals surface area contributed by atoms with Crippen molar-refractivity contribution in [1.82, 2.24) is 14.7 Å². The van der Waals surface area contributed by atoms with Gasteiger partial charge in [-0.3, -0.25) is 9.48 Å². The SMILES string of the molecule is Cn1ccc(C(=O)N2CC[C@@](C)(O)[C@H](Oc3ccccc3)C2)n1. The van der Waals surface area contributed by atoms with Gasteiger partial charge in [-0.1, -0.05) is 18.2 Å². The van der Waals surface area contributed by atoms with Gasteiger partial charge >= 0.3 is 0 Å². The Hall–Kier alpha value is -2.34. The highest BCUT2D eigenvalue weighted by Crippen LogP contribution is 2.27. The summed E-state index contributed by atoms with van der Waals surface area (Å²) in [4.78, 5) is 14.2. The van der Waals surface area contributed by atoms with E-state index in [-0.39, 0.29) is 5.91 Å². The number of para-hydroxylation sites is 1. The zero-order valence-electron chi connectivity index (χ0n) is 13.3. The van der Waals surface area contributed by atoms with Crippen LogP contribution in [0, 0.1) is 0 Å². The molecule has 1 aliphatic heterocycles. The lowest BCUT2D eigenvalue weighted by atomic mass is 9.90. The number of likely N-dealkylation sites (tertiary alicyclic amines) is 1. The van der Waals surface area contributed by atoms with Crippen LogP contribution in [-0.4, -0.2) is 50.5 Å². The van der Waals surface area contributed by atoms with Gasteiger partial charge in [0.2, 0.25) is 0 Å². The number of amides is 1. The molecule has 2 aromatic rings. The average Bonchev–Trinajstić information content (AvgIpc) is 2.96. The summed E-state index contributed by atoms with van der Waals surface area (Å²) in [6.07, 6.45) is 1.72. The molecule has 6 nitrogen and oxygen atoms in total. The molecular formula is C17H21N3O3. The smallest absolute Gasteiger partial charge is 0.274 e. The first kappa shape index (κ1) is 15.6. The van der Waals surface area contributed by atoms with Crippen LogP contribution >= 0.6 is 0 Å². The van der Waals surface area contributed by atoms with Gasteiger partial charge in [0.25, 0.3) is 5.91 Å². The molecule has 1 aliphatic rings. The molecular weight excluding hydrogens is 294 g/mol. The minimum atomic E-state index is -0.975. The number of aliphatic hydroxyl groups is 1. The zero-order valence-corrected chi connectivity index (χ0v) is 13.3. The fourth-order valence-corrected chi connectivity index (χ4v) is 2.71. The Morgan fingerprint density at radius 1 is 1.35 bits per heavy atom. The second-order valence-corrected chi connectivity index (χ2v) is 6.15. The highest BCUT2D eigenvalue weighted by molar-refractivity contribution is 5.92. The first-order chi connectivity index (χ1) is 11.0. The normalized spacial score (nSPS) is 24.5. The molecule has 0 radical (unpaired) electrons. The summed E-state index contributed by atoms with van der Waals surface area (Å²) < 4.78 is 7.53. The predicted octanol–water partition coefficient (Wildman–Crippen LogP) is 1.46. The van der Waals surface area contributed by atoms with Crippen molar-refractivity contribution >= 4 is 5.91 Å². The molecule has 0 bridgehead atoms. The maximum atomic E-state index is 12.5. The molecule has 1 N–H and O–H groups in total. The summed E-state index contributed by atoms with van der Waals surface area (Å²) in [5, 5.41) is 14.7. The summed E-state index contributed by atoms with van der Waals surface area (Å²) in [7, 11) is 1.78. The minimum absolute atomic E-state index is 0.136. The van der Waals surface area contributed by atoms with E-state index in [1.165, 1.54) is 0 Å². The van der Waals surface area contributed by atoms with Gasteiger partial charge in [0.15, 0.2) is 0 Å². The largest absolute Gasteiger partial charge is 0.486 e. The van der Waals surface area contributed by atoms with Gasteiger partial charge in [0.05, 0.1) is 6.54 Å². The lowest BCUT2D eigenvalue weighted by molar-refractivity contribution is -0.0882. The monoisotopic (exact) mass is 315 g/mol. The Morgan fingerprint density at radius 2 is 2.09 bits per heavy atom. The molecule has 6 heteroatoms. The van der Waals surface area contributed by atoms with E-state index in [1.807, 2.05) is 30.3 Å². The molecule has 2 atom stereocenters. The van der Waals surface area contributed by atoms with Crippen LogP contribution in [-0.2, 0) is 7.05 Å². The summed E-state index contributed by atoms with van der Waals surface area (Å²) in [5.74, 6) is 0.549. The lowest BCUT2D eigenvalue weighted by Gasteiger charge is -2.42. The number of carbonyl (C=O) groups excluding carboxylic acids is 1. The van der Waals surface area contributed by atoms with Gasteiger partial charge in [0.1, 0.15) is 23.1 Å². The van der Waals surface area contributed by atoms with Crippen LogP contribution in [0.1, 0.15) is 23.8 Å². The number of hydrogen-bond donors (Lipinski definition) is 1. The summed E-state index contributed by atoms with van der Waals surface area (Å²) in [5.41, 5.74) is -0.566. The van der Waals surface area contributed by atoms with Gasteiger partial charge < -0.3 is 14.7 Å². The molecule has 1 amide bonds. The zero-order chi connectivity index (χ0) is 16.4. The standard InChI is InChI=1S/C17H21N3O3/c1-17(22)9-11-20(16(21)14-8-10-19(2)18-14)12-15(17)23-13-6-4-3-5-7-13/h3-8,10,15,22H,9,11-12H2,1-2H3/t15-,17-/m1/s1. The Kier molecular flexibility index (Phi) is 4.09. The van der Waals surface area contributed by atoms with Crippen LogP contribution in [0.25, 0.3) is 0 Å². The van der Waals surface area contributed by atoms with E-state index in [2.05, 4.69) is 5.10 Å². The highest BCUT2D eigenvalue weighted by atomic mass is 16.5. The van der Waals surface area contributed by atoms with E-state index in [0.29, 0.717) is 31.0 Å². The van der Waals surface area contributed by atoms with Crippen molar-refractivity contribution in [1.29, 1.82) is 0 Å². The molecule has 1 saturated heterocycles. The van der Waals surface area contributed by atoms with Crippen molar-refractivity contribution in [2.45, 2.75) is 25.0 Å². The number of aryl methyl sites for hydroxylation is 1. The number of benzene rings is 1. The van der Waals surface area contributed by atoms with Crippen molar-refractivity contribution < 1.29 is 14.6 Å². The number of nitrogens with zero attached hydrogens (tertiary/aromatic N) is 3. The molecule has 0 saturated carbocycles. The first-order valence-corrected chi connectivity index (χ1v) is 7.69. The number of aromatic nitrogens is 2. The summed E-state index contributed by atoms with van der Waals surface area (Å²) >= 11 is 0. The molecule has 23 heavy (non-hydrogen) atoms. The molecule has 0 spiro atoms. The number of piperidine rings is 1. The molecule has 1 aromatic carbocycles. The lowest BCUT2D eigenvalue weighted by Crippen LogP contribution is -2.57. The van der Waals surface area contributed by atoms with E-state index >= 15 is 0 Å². The van der Waals surface area contributed by atoms with Crippen molar-refractivity contribution in [2.75, 3.05) is 13.1 Å². The van der Waals surface area contributed by atoms with Crippen LogP contribution in [0.4, 0.5) is 0 Å². The molecule has 1 fully saturated rings. The van der Waals surface area contributed by atoms with Crippen molar-refractivity contribution in [3.05, 3.63) is 48.3 Å². The third-order valence-electron chi connectivity index (χ3n) is 4.21. The van der Waals surface area contributed by atoms with Crippen LogP contribution < -0.4 is 4.74 Å². The molecule has 3 rings (SSSR count). The maximum absolute atomic E-state index is 12.5. The Labute approximate surface area is 135 Å². The fraction of sp³-hybridized carbons (Fsp3) is 0.412. The third-order valence-corrected chi connectivity index (χ3v) is 4.21. The van der Waals surface area contributed by atoms with Gasteiger partial charge in [0, 0.05) is 19.8 Å². The number of ether oxygens (including phenoxy) is 1. The predicted molar refractivity (Wildman–Crippen MR) is 85.2 cm³/mol. The number of carbonyl (C=O) groups is 1. The Bertz CT molecular complexity index is 681. The van der Waals surface area contributed by atoms with Crippen molar-refractivity contribution in [2.24, 2.45) is 7.05 Å². The topological polar surface area (TPSA) is 67.6 Å². The van der Waals surface area contributed by atoms with Crippen LogP contribution in [0.2, 0.25) is 0 Å². The Morgan fingerprint density at radius 3 is 2.74 bits per heavy atom. The molecule has 0 aliphatic carbocycles. The quantitative estimate of drug-likeness (QED) is 0.931. The second kappa shape index (κ2) is 6.04. The van der Waals surface area contributed by atoms with Crippen LogP contribution in [0.15, 0.2) is 42.6 Å². The molecule has 0 unspecified atom stereocenters. The van der Waals surface area contributed by atoms with Gasteiger partial charge in [-0.2, -0.15) is 5.10 Å². The number of hydrogen-bond acceptors (Lipinski definition) is 4. The van der Waals surface area contributed by atoms with Gasteiger partial charge in [-0.25, -0.2) is 0 Å². The van der Waals surface area contributed by atoms with Crippen LogP contribution in [0.3, 0.4) is 0 Å². The Balaban J connectivity index is 1.74. The fourth-order valence-electron chi connectivity index (χ4n) is 2.71. The van der Waals surface area contributed by atoms with Crippen molar-refractivity contribution in [3.8, 4) is 5.75 Å². The first-order valence-electron chi connectivity index (χ1n) is 7.69. The molecule has 122 valence electrons. The summed E-state index contributed by atoms with van der Waals surface area (Å²) in [6, 6.07) is 11.0. The third kappa shape index (κ3) is 3.37. The maximum Gasteiger partial charge on any atom is 0.274 e. The minimum Gasteiger partial charge on any atom is -0.486 e. The summed E-state index contributed by atoms with van der Waals surface area (Å²) in [6.45, 7) is 2.57. The van der Waals surface area contributed by atoms with E-state index in [4.69, 9.17) is 4.74 Å². The van der Waals surface area contributed by atoms with E-state index in [0.717, 1.165) is 0 Å². The van der Waals surface area contributed by atoms with Gasteiger partial charge in [-0.15, -0.1) is 0 Å². The molecule has 1 aromatic heterocycles. The van der Waals surface area contributed by atoms with Crippen LogP contribution in [0.5, 0.6) is 5.75 Å². The highest BCUT2D eigenvalue weighted by Gasteiger charge is 2.41. The van der Waals surface area contributed by atoms with Gasteiger partial charge in [-0.05, 0) is 31.5 Å². The molecule has 2 heterocycles. The van der Waals surface area contributed by atoms with E-state index in [9.17, 15) is 9.90 Å².